The number of aryl methyl sites for hydroxylation is 2. The maximum Gasteiger partial charge on any atom is 0.148 e. The number of pyridine rings is 1. The monoisotopic (exact) mass is 1000 g/mol. The molecule has 4 nitrogen and oxygen atoms in total. The molecule has 61 heavy (non-hydrogen) atoms. The molecule has 8 aromatic rings. The van der Waals surface area contributed by atoms with E-state index in [9.17, 15) is 6.48 Å². The first-order valence-electron chi connectivity index (χ1n) is 29.0. The van der Waals surface area contributed by atoms with Crippen LogP contribution in [0.15, 0.2) is 133 Å². The fourth-order valence-corrected chi connectivity index (χ4v) is 7.17. The van der Waals surface area contributed by atoms with Crippen molar-refractivity contribution < 1.29 is 52.2 Å². The Morgan fingerprint density at radius 3 is 2.05 bits per heavy atom. The molecule has 2 aromatic heterocycles. The summed E-state index contributed by atoms with van der Waals surface area (Å²) < 4.78 is 165. The van der Waals surface area contributed by atoms with E-state index in [4.69, 9.17) is 29.7 Å². The minimum Gasteiger partial charge on any atom is -0.507 e. The predicted molar refractivity (Wildman–Crippen MR) is 252 cm³/mol. The molecule has 0 aliphatic rings. The van der Waals surface area contributed by atoms with Crippen molar-refractivity contribution in [2.75, 3.05) is 0 Å². The maximum absolute atomic E-state index is 12.0. The van der Waals surface area contributed by atoms with Crippen molar-refractivity contribution in [1.82, 2.24) is 14.5 Å². The molecule has 0 bridgehead atoms. The second kappa shape index (κ2) is 16.4. The minimum atomic E-state index is -3.94. The van der Waals surface area contributed by atoms with Crippen molar-refractivity contribution >= 4 is 11.0 Å². The minimum absolute atomic E-state index is 0. The molecule has 0 saturated heterocycles. The maximum atomic E-state index is 12.0. The number of phenolic OH excluding ortho intramolecular Hbond substituents is 1. The molecule has 1 N–H and O–H groups in total. The van der Waals surface area contributed by atoms with Gasteiger partial charge in [0.2, 0.25) is 0 Å². The third-order valence-corrected chi connectivity index (χ3v) is 10.5. The zero-order valence-electron chi connectivity index (χ0n) is 53.8. The molecular weight excluding hydrogens is 926 g/mol. The van der Waals surface area contributed by atoms with Gasteiger partial charge in [0, 0.05) is 54.9 Å². The van der Waals surface area contributed by atoms with Gasteiger partial charge in [-0.2, -0.15) is 0 Å². The van der Waals surface area contributed by atoms with Gasteiger partial charge >= 0.3 is 0 Å². The van der Waals surface area contributed by atoms with Gasteiger partial charge in [-0.05, 0) is 93.7 Å². The van der Waals surface area contributed by atoms with Crippen molar-refractivity contribution in [3.05, 3.63) is 167 Å². The Bertz CT molecular complexity index is 3690. The molecule has 0 spiro atoms. The van der Waals surface area contributed by atoms with E-state index >= 15 is 0 Å². The van der Waals surface area contributed by atoms with Crippen LogP contribution < -0.4 is 0 Å². The van der Waals surface area contributed by atoms with Crippen molar-refractivity contribution in [2.24, 2.45) is 0 Å². The zero-order valence-corrected chi connectivity index (χ0v) is 37.0. The Balaban J connectivity index is 0.00000924. The van der Waals surface area contributed by atoms with Crippen LogP contribution in [0, 0.1) is 19.8 Å². The van der Waals surface area contributed by atoms with E-state index < -0.39 is 97.4 Å². The Kier molecular flexibility index (Phi) is 6.81. The molecule has 0 atom stereocenters. The summed E-state index contributed by atoms with van der Waals surface area (Å²) in [4.78, 5) is 9.69. The van der Waals surface area contributed by atoms with Crippen molar-refractivity contribution in [3.63, 3.8) is 0 Å². The molecule has 5 heteroatoms. The van der Waals surface area contributed by atoms with Crippen molar-refractivity contribution in [3.8, 4) is 67.5 Å². The number of aromatic nitrogens is 3. The molecule has 0 unspecified atom stereocenters. The summed E-state index contributed by atoms with van der Waals surface area (Å²) in [5, 5.41) is 12.0. The first-order valence-corrected chi connectivity index (χ1v) is 19.5. The van der Waals surface area contributed by atoms with E-state index in [2.05, 4.69) is 11.1 Å². The summed E-state index contributed by atoms with van der Waals surface area (Å²) in [6.45, 7) is -0.567. The predicted octanol–water partition coefficient (Wildman–Crippen LogP) is 14.8. The van der Waals surface area contributed by atoms with Gasteiger partial charge < -0.3 is 5.11 Å². The number of rotatable bonds is 6. The fraction of sp³-hybridized carbons (Fsp3) is 0.250. The van der Waals surface area contributed by atoms with Gasteiger partial charge in [-0.15, -0.1) is 29.3 Å². The van der Waals surface area contributed by atoms with E-state index in [1.807, 2.05) is 101 Å². The van der Waals surface area contributed by atoms with E-state index in [0.29, 0.717) is 61.5 Å². The first-order chi connectivity index (χ1) is 36.2. The Morgan fingerprint density at radius 1 is 0.656 bits per heavy atom. The van der Waals surface area contributed by atoms with Crippen LogP contribution in [0.3, 0.4) is 0 Å². The van der Waals surface area contributed by atoms with Crippen LogP contribution in [0.5, 0.6) is 5.75 Å². The molecule has 0 saturated carbocycles. The molecule has 312 valence electrons. The molecule has 0 fully saturated rings. The largest absolute Gasteiger partial charge is 0.507 e. The van der Waals surface area contributed by atoms with E-state index in [1.165, 1.54) is 6.07 Å². The van der Waals surface area contributed by atoms with Gasteiger partial charge in [-0.3, -0.25) is 9.55 Å². The number of nitrogens with zero attached hydrogens (tertiary/aromatic N) is 3. The third kappa shape index (κ3) is 8.66. The Morgan fingerprint density at radius 2 is 1.36 bits per heavy atom. The average molecular weight is 1000 g/mol. The topological polar surface area (TPSA) is 50.9 Å². The van der Waals surface area contributed by atoms with Crippen LogP contribution >= 0.6 is 0 Å². The van der Waals surface area contributed by atoms with Crippen LogP contribution in [-0.4, -0.2) is 19.6 Å². The van der Waals surface area contributed by atoms with Crippen molar-refractivity contribution in [1.29, 1.82) is 0 Å². The van der Waals surface area contributed by atoms with E-state index in [0.717, 1.165) is 5.56 Å². The molecule has 0 amide bonds. The number of hydrogen-bond donors (Lipinski definition) is 1. The van der Waals surface area contributed by atoms with Gasteiger partial charge in [0.1, 0.15) is 11.6 Å². The smallest absolute Gasteiger partial charge is 0.148 e. The van der Waals surface area contributed by atoms with Gasteiger partial charge in [-0.25, -0.2) is 4.98 Å². The van der Waals surface area contributed by atoms with Gasteiger partial charge in [-0.1, -0.05) is 164 Å². The van der Waals surface area contributed by atoms with Crippen LogP contribution in [0.4, 0.5) is 0 Å². The van der Waals surface area contributed by atoms with Crippen molar-refractivity contribution in [2.45, 2.75) is 92.1 Å². The Hall–Kier alpha value is -5.57. The summed E-state index contributed by atoms with van der Waals surface area (Å²) in [6, 6.07) is 23.8. The van der Waals surface area contributed by atoms with Crippen LogP contribution in [0.2, 0.25) is 0 Å². The number of phenols is 1. The van der Waals surface area contributed by atoms with Gasteiger partial charge in [0.05, 0.1) is 31.9 Å². The summed E-state index contributed by atoms with van der Waals surface area (Å²) in [7, 11) is 0. The normalized spacial score (nSPS) is 17.5. The van der Waals surface area contributed by atoms with Gasteiger partial charge in [0.15, 0.2) is 0 Å². The first kappa shape index (κ1) is 25.4. The van der Waals surface area contributed by atoms with Gasteiger partial charge in [0.25, 0.3) is 0 Å². The second-order valence-electron chi connectivity index (χ2n) is 17.1. The number of hydrogen-bond acceptors (Lipinski definition) is 3. The van der Waals surface area contributed by atoms with E-state index in [-0.39, 0.29) is 49.1 Å². The third-order valence-electron chi connectivity index (χ3n) is 10.5. The van der Waals surface area contributed by atoms with Crippen LogP contribution in [0.1, 0.15) is 116 Å². The quantitative estimate of drug-likeness (QED) is 0.169. The molecule has 0 radical (unpaired) electrons. The average Bonchev–Trinajstić information content (AvgIpc) is 3.87. The fourth-order valence-electron chi connectivity index (χ4n) is 7.17. The van der Waals surface area contributed by atoms with Crippen LogP contribution in [0.25, 0.3) is 72.7 Å². The zero-order chi connectivity index (χ0) is 58.8. The number of aromatic hydroxyl groups is 1. The molecule has 2 heterocycles. The molecule has 0 aliphatic heterocycles. The summed E-state index contributed by atoms with van der Waals surface area (Å²) in [5.74, 6) is 0.274. The molecule has 8 rings (SSSR count). The van der Waals surface area contributed by atoms with Crippen LogP contribution in [-0.2, 0) is 37.3 Å². The number of fused-ring (bicyclic) bond motifs is 1. The molecule has 0 aliphatic carbocycles. The Labute approximate surface area is 403 Å². The molecule has 6 aromatic carbocycles. The number of benzene rings is 6. The standard InChI is InChI=1S/C56H56N3O.Pt/c1-35-20-25-49(46(28-35)38-16-13-12-14-17-38)59-50-19-15-18-45(51(50)58-53(59)47-34-43(55(6,7)8)29-36(2)52(47)60)40-30-41(32-44(31-40)56(9,10)11)48-33-39(26-27-57-48)37-21-23-42(24-22-37)54(3,4)5;/h12-29,31-34,60H,1-11H3;/q-1;/i1D3,3D3,4D3,5D3,21D,22D,23D,24D,26D,27D,33D;. The summed E-state index contributed by atoms with van der Waals surface area (Å²) in [6.07, 6.45) is -0.781. The molecular formula is C56H56N3OPt-. The van der Waals surface area contributed by atoms with E-state index in [1.54, 1.807) is 37.3 Å². The summed E-state index contributed by atoms with van der Waals surface area (Å²) >= 11 is 0. The number of para-hydroxylation sites is 1. The second-order valence-corrected chi connectivity index (χ2v) is 17.1. The SMILES string of the molecule is [2H]c1nc(-c2[c-]c(-c3cccc4c3nc(-c3cc(C(C)(C)C)cc(C)c3O)n4-c3ccc(C([2H])([2H])[2H])cc3-c3ccccc3)cc(C(C)(C)C)c2)c([2H])c(-c2c([2H])c([2H])c(C(C([2H])([2H])[2H])(C([2H])([2H])[2H])C([2H])([2H])[2H])c([2H])c2[2H])c1[2H].[Pt]. The summed E-state index contributed by atoms with van der Waals surface area (Å²) in [5.41, 5.74) is -1.82. The number of imidazole rings is 1.